The van der Waals surface area contributed by atoms with Crippen LogP contribution in [-0.2, 0) is 10.2 Å². The molecular formula is C18H24BrClN2O. The van der Waals surface area contributed by atoms with Gasteiger partial charge in [-0.15, -0.1) is 12.4 Å². The Kier molecular flexibility index (Phi) is 6.69. The summed E-state index contributed by atoms with van der Waals surface area (Å²) in [6, 6.07) is 8.25. The van der Waals surface area contributed by atoms with Crippen LogP contribution in [0, 0.1) is 0 Å². The first-order valence-corrected chi connectivity index (χ1v) is 8.93. The van der Waals surface area contributed by atoms with Gasteiger partial charge in [-0.1, -0.05) is 52.6 Å². The fraction of sp³-hybridized carbons (Fsp3) is 0.500. The van der Waals surface area contributed by atoms with Gasteiger partial charge in [0.2, 0.25) is 5.91 Å². The topological polar surface area (TPSA) is 41.1 Å². The highest BCUT2D eigenvalue weighted by atomic mass is 79.9. The standard InChI is InChI=1S/C18H23BrN2O.ClH/c19-16-5-3-4-15(12-16)18(8-1-2-9-18)17(22)21-13-14-6-10-20-11-7-14;/h3-6,12,20H,1-2,7-11,13H2,(H,21,22);1H. The molecule has 2 N–H and O–H groups in total. The number of carbonyl (C=O) groups is 1. The molecule has 0 saturated heterocycles. The average molecular weight is 400 g/mol. The molecule has 3 nitrogen and oxygen atoms in total. The number of nitrogens with one attached hydrogen (secondary N) is 2. The average Bonchev–Trinajstić information content (AvgIpc) is 3.05. The first-order valence-electron chi connectivity index (χ1n) is 8.14. The summed E-state index contributed by atoms with van der Waals surface area (Å²) in [7, 11) is 0. The van der Waals surface area contributed by atoms with Gasteiger partial charge in [-0.05, 0) is 43.5 Å². The van der Waals surface area contributed by atoms with Gasteiger partial charge in [0.15, 0.2) is 0 Å². The minimum absolute atomic E-state index is 0. The van der Waals surface area contributed by atoms with Crippen molar-refractivity contribution in [3.63, 3.8) is 0 Å². The number of carbonyl (C=O) groups excluding carboxylic acids is 1. The molecule has 1 aromatic carbocycles. The molecule has 0 aromatic heterocycles. The van der Waals surface area contributed by atoms with Gasteiger partial charge >= 0.3 is 0 Å². The third-order valence-corrected chi connectivity index (χ3v) is 5.40. The van der Waals surface area contributed by atoms with Crippen LogP contribution in [0.3, 0.4) is 0 Å². The van der Waals surface area contributed by atoms with Crippen LogP contribution in [0.15, 0.2) is 40.4 Å². The first-order chi connectivity index (χ1) is 10.7. The molecule has 1 amide bonds. The van der Waals surface area contributed by atoms with Gasteiger partial charge < -0.3 is 10.6 Å². The molecule has 1 aliphatic carbocycles. The molecule has 1 fully saturated rings. The van der Waals surface area contributed by atoms with Crippen molar-refractivity contribution in [1.29, 1.82) is 0 Å². The van der Waals surface area contributed by atoms with Crippen LogP contribution in [0.2, 0.25) is 0 Å². The van der Waals surface area contributed by atoms with Gasteiger partial charge in [-0.3, -0.25) is 4.79 Å². The van der Waals surface area contributed by atoms with Gasteiger partial charge in [-0.25, -0.2) is 0 Å². The first kappa shape index (κ1) is 18.5. The zero-order valence-corrected chi connectivity index (χ0v) is 15.6. The Labute approximate surface area is 152 Å². The van der Waals surface area contributed by atoms with Crippen molar-refractivity contribution in [3.05, 3.63) is 46.0 Å². The Morgan fingerprint density at radius 1 is 1.30 bits per heavy atom. The molecule has 5 heteroatoms. The number of benzene rings is 1. The summed E-state index contributed by atoms with van der Waals surface area (Å²) in [6.07, 6.45) is 7.40. The number of rotatable bonds is 4. The predicted octanol–water partition coefficient (Wildman–Crippen LogP) is 3.72. The Hall–Kier alpha value is -0.840. The van der Waals surface area contributed by atoms with Crippen LogP contribution in [0.5, 0.6) is 0 Å². The van der Waals surface area contributed by atoms with E-state index in [-0.39, 0.29) is 23.7 Å². The molecule has 126 valence electrons. The molecule has 1 heterocycles. The zero-order valence-electron chi connectivity index (χ0n) is 13.2. The number of hydrogen-bond donors (Lipinski definition) is 2. The van der Waals surface area contributed by atoms with E-state index >= 15 is 0 Å². The molecule has 0 unspecified atom stereocenters. The lowest BCUT2D eigenvalue weighted by atomic mass is 9.78. The minimum atomic E-state index is -0.336. The maximum atomic E-state index is 13.0. The summed E-state index contributed by atoms with van der Waals surface area (Å²) >= 11 is 3.54. The second-order valence-corrected chi connectivity index (χ2v) is 7.21. The summed E-state index contributed by atoms with van der Waals surface area (Å²) in [6.45, 7) is 2.62. The highest BCUT2D eigenvalue weighted by molar-refractivity contribution is 9.10. The summed E-state index contributed by atoms with van der Waals surface area (Å²) in [5.41, 5.74) is 2.16. The van der Waals surface area contributed by atoms with E-state index < -0.39 is 0 Å². The zero-order chi connectivity index (χ0) is 15.4. The highest BCUT2D eigenvalue weighted by Crippen LogP contribution is 2.42. The van der Waals surface area contributed by atoms with Crippen molar-refractivity contribution < 1.29 is 4.79 Å². The monoisotopic (exact) mass is 398 g/mol. The van der Waals surface area contributed by atoms with Crippen LogP contribution >= 0.6 is 28.3 Å². The van der Waals surface area contributed by atoms with Crippen LogP contribution in [0.25, 0.3) is 0 Å². The number of halogens is 2. The van der Waals surface area contributed by atoms with Crippen LogP contribution in [-0.4, -0.2) is 25.5 Å². The molecule has 3 rings (SSSR count). The Morgan fingerprint density at radius 3 is 2.74 bits per heavy atom. The maximum absolute atomic E-state index is 13.0. The fourth-order valence-corrected chi connectivity index (χ4v) is 4.00. The van der Waals surface area contributed by atoms with E-state index in [0.717, 1.165) is 55.2 Å². The molecule has 0 spiro atoms. The van der Waals surface area contributed by atoms with E-state index in [1.54, 1.807) is 0 Å². The van der Waals surface area contributed by atoms with Gasteiger partial charge in [0.1, 0.15) is 0 Å². The second kappa shape index (κ2) is 8.32. The van der Waals surface area contributed by atoms with Gasteiger partial charge in [0.25, 0.3) is 0 Å². The molecule has 23 heavy (non-hydrogen) atoms. The van der Waals surface area contributed by atoms with Crippen LogP contribution in [0.1, 0.15) is 37.7 Å². The fourth-order valence-electron chi connectivity index (χ4n) is 3.60. The molecule has 2 aliphatic rings. The minimum Gasteiger partial charge on any atom is -0.352 e. The van der Waals surface area contributed by atoms with E-state index in [4.69, 9.17) is 0 Å². The van der Waals surface area contributed by atoms with E-state index in [0.29, 0.717) is 6.54 Å². The van der Waals surface area contributed by atoms with E-state index in [2.05, 4.69) is 44.8 Å². The summed E-state index contributed by atoms with van der Waals surface area (Å²) in [5, 5.41) is 6.51. The van der Waals surface area contributed by atoms with Crippen LogP contribution < -0.4 is 10.6 Å². The SMILES string of the molecule is Cl.O=C(NCC1=CCNCC1)C1(c2cccc(Br)c2)CCCC1. The molecule has 1 aromatic rings. The largest absolute Gasteiger partial charge is 0.352 e. The second-order valence-electron chi connectivity index (χ2n) is 6.30. The van der Waals surface area contributed by atoms with E-state index in [9.17, 15) is 4.79 Å². The number of hydrogen-bond acceptors (Lipinski definition) is 2. The lowest BCUT2D eigenvalue weighted by molar-refractivity contribution is -0.126. The van der Waals surface area contributed by atoms with Gasteiger partial charge in [0, 0.05) is 17.6 Å². The molecule has 0 radical (unpaired) electrons. The van der Waals surface area contributed by atoms with Crippen molar-refractivity contribution in [3.8, 4) is 0 Å². The van der Waals surface area contributed by atoms with Gasteiger partial charge in [-0.2, -0.15) is 0 Å². The summed E-state index contributed by atoms with van der Waals surface area (Å²) in [5.74, 6) is 0.197. The molecule has 1 aliphatic heterocycles. The molecule has 0 bridgehead atoms. The Bertz CT molecular complexity index is 582. The lowest BCUT2D eigenvalue weighted by Gasteiger charge is -2.29. The third-order valence-electron chi connectivity index (χ3n) is 4.90. The van der Waals surface area contributed by atoms with Crippen molar-refractivity contribution in [2.75, 3.05) is 19.6 Å². The highest BCUT2D eigenvalue weighted by Gasteiger charge is 2.42. The van der Waals surface area contributed by atoms with Crippen molar-refractivity contribution in [1.82, 2.24) is 10.6 Å². The normalized spacial score (nSPS) is 19.6. The summed E-state index contributed by atoms with van der Waals surface area (Å²) < 4.78 is 1.05. The lowest BCUT2D eigenvalue weighted by Crippen LogP contribution is -2.43. The van der Waals surface area contributed by atoms with E-state index in [1.807, 2.05) is 12.1 Å². The Morgan fingerprint density at radius 2 is 2.09 bits per heavy atom. The van der Waals surface area contributed by atoms with E-state index in [1.165, 1.54) is 5.57 Å². The van der Waals surface area contributed by atoms with Crippen molar-refractivity contribution in [2.45, 2.75) is 37.5 Å². The quantitative estimate of drug-likeness (QED) is 0.758. The maximum Gasteiger partial charge on any atom is 0.230 e. The summed E-state index contributed by atoms with van der Waals surface area (Å²) in [4.78, 5) is 13.0. The number of amides is 1. The third kappa shape index (κ3) is 4.17. The molecule has 1 saturated carbocycles. The van der Waals surface area contributed by atoms with Crippen molar-refractivity contribution in [2.24, 2.45) is 0 Å². The van der Waals surface area contributed by atoms with Crippen molar-refractivity contribution >= 4 is 34.2 Å². The predicted molar refractivity (Wildman–Crippen MR) is 100 cm³/mol. The van der Waals surface area contributed by atoms with Crippen LogP contribution in [0.4, 0.5) is 0 Å². The smallest absolute Gasteiger partial charge is 0.230 e. The van der Waals surface area contributed by atoms with Gasteiger partial charge in [0.05, 0.1) is 5.41 Å². The molecular weight excluding hydrogens is 376 g/mol. The Balaban J connectivity index is 0.00000192. The molecule has 0 atom stereocenters.